The van der Waals surface area contributed by atoms with Gasteiger partial charge in [0, 0.05) is 16.5 Å². The first-order valence-corrected chi connectivity index (χ1v) is 8.31. The number of aromatic nitrogens is 3. The molecule has 0 bridgehead atoms. The number of anilines is 1. The number of nitrogen functional groups attached to an aromatic ring is 1. The number of rotatable bonds is 3. The van der Waals surface area contributed by atoms with Gasteiger partial charge in [-0.2, -0.15) is 13.2 Å². The lowest BCUT2D eigenvalue weighted by molar-refractivity contribution is -0.146. The number of alkyl halides is 3. The minimum Gasteiger partial charge on any atom is -0.382 e. The third-order valence-corrected chi connectivity index (χ3v) is 4.62. The summed E-state index contributed by atoms with van der Waals surface area (Å²) in [5.74, 6) is -1.31. The van der Waals surface area contributed by atoms with E-state index in [0.717, 1.165) is 18.1 Å². The maximum absolute atomic E-state index is 13.0. The molecule has 0 radical (unpaired) electrons. The molecule has 2 heterocycles. The molecule has 130 valence electrons. The highest BCUT2D eigenvalue weighted by Gasteiger charge is 2.37. The number of nitrogens with zero attached hydrogens (tertiary/aromatic N) is 3. The van der Waals surface area contributed by atoms with Crippen molar-refractivity contribution < 1.29 is 13.2 Å². The smallest absolute Gasteiger partial charge is 0.382 e. The van der Waals surface area contributed by atoms with Crippen molar-refractivity contribution in [3.8, 4) is 22.5 Å². The second kappa shape index (κ2) is 6.44. The number of hydrogen-bond donors (Lipinski definition) is 1. The zero-order chi connectivity index (χ0) is 18.2. The fourth-order valence-corrected chi connectivity index (χ4v) is 2.96. The van der Waals surface area contributed by atoms with Crippen LogP contribution in [0, 0.1) is 6.92 Å². The number of aryl methyl sites for hydroxylation is 1. The van der Waals surface area contributed by atoms with Gasteiger partial charge < -0.3 is 5.73 Å². The van der Waals surface area contributed by atoms with Gasteiger partial charge in [0.1, 0.15) is 11.5 Å². The Morgan fingerprint density at radius 1 is 1.20 bits per heavy atom. The molecule has 1 aromatic carbocycles. The van der Waals surface area contributed by atoms with E-state index >= 15 is 0 Å². The van der Waals surface area contributed by atoms with Gasteiger partial charge in [0.15, 0.2) is 0 Å². The van der Waals surface area contributed by atoms with Crippen molar-refractivity contribution in [1.29, 1.82) is 0 Å². The van der Waals surface area contributed by atoms with Crippen molar-refractivity contribution in [3.05, 3.63) is 47.1 Å². The number of hydrogen-bond acceptors (Lipinski definition) is 5. The van der Waals surface area contributed by atoms with Crippen LogP contribution in [0.2, 0.25) is 0 Å². The van der Waals surface area contributed by atoms with Crippen LogP contribution < -0.4 is 5.73 Å². The summed E-state index contributed by atoms with van der Waals surface area (Å²) in [6.45, 7) is 2.97. The van der Waals surface area contributed by atoms with Gasteiger partial charge in [-0.05, 0) is 42.6 Å². The second-order valence-corrected chi connectivity index (χ2v) is 6.40. The molecule has 0 aliphatic carbocycles. The first-order valence-electron chi connectivity index (χ1n) is 7.47. The molecule has 3 aromatic rings. The molecule has 0 fully saturated rings. The average Bonchev–Trinajstić information content (AvgIpc) is 3.09. The Labute approximate surface area is 146 Å². The molecule has 8 heteroatoms. The monoisotopic (exact) mass is 364 g/mol. The second-order valence-electron chi connectivity index (χ2n) is 5.74. The van der Waals surface area contributed by atoms with Crippen molar-refractivity contribution in [2.75, 3.05) is 5.73 Å². The molecule has 1 unspecified atom stereocenters. The van der Waals surface area contributed by atoms with Crippen LogP contribution in [-0.2, 0) is 0 Å². The minimum absolute atomic E-state index is 0.186. The summed E-state index contributed by atoms with van der Waals surface area (Å²) in [6, 6.07) is 4.67. The largest absolute Gasteiger partial charge is 0.395 e. The van der Waals surface area contributed by atoms with E-state index in [1.54, 1.807) is 17.6 Å². The van der Waals surface area contributed by atoms with Gasteiger partial charge in [-0.25, -0.2) is 14.3 Å². The highest BCUT2D eigenvalue weighted by molar-refractivity contribution is 7.03. The molecular weight excluding hydrogens is 349 g/mol. The summed E-state index contributed by atoms with van der Waals surface area (Å²) in [6.07, 6.45) is -1.19. The van der Waals surface area contributed by atoms with Crippen molar-refractivity contribution >= 4 is 17.4 Å². The minimum atomic E-state index is -4.30. The molecule has 1 atom stereocenters. The normalized spacial score (nSPS) is 13.0. The summed E-state index contributed by atoms with van der Waals surface area (Å²) in [7, 11) is 0. The third kappa shape index (κ3) is 3.48. The molecule has 0 amide bonds. The quantitative estimate of drug-likeness (QED) is 0.723. The Balaban J connectivity index is 2.09. The Morgan fingerprint density at radius 3 is 2.60 bits per heavy atom. The highest BCUT2D eigenvalue weighted by atomic mass is 32.1. The van der Waals surface area contributed by atoms with E-state index in [1.165, 1.54) is 29.9 Å². The van der Waals surface area contributed by atoms with Crippen LogP contribution in [0.1, 0.15) is 24.0 Å². The third-order valence-electron chi connectivity index (χ3n) is 4.04. The highest BCUT2D eigenvalue weighted by Crippen LogP contribution is 2.36. The van der Waals surface area contributed by atoms with E-state index in [0.29, 0.717) is 17.0 Å². The summed E-state index contributed by atoms with van der Waals surface area (Å²) in [4.78, 5) is 8.65. The summed E-state index contributed by atoms with van der Waals surface area (Å²) < 4.78 is 43.1. The van der Waals surface area contributed by atoms with E-state index in [-0.39, 0.29) is 11.4 Å². The summed E-state index contributed by atoms with van der Waals surface area (Å²) in [5, 5.41) is 1.79. The van der Waals surface area contributed by atoms with Crippen LogP contribution in [0.3, 0.4) is 0 Å². The van der Waals surface area contributed by atoms with E-state index < -0.39 is 12.1 Å². The van der Waals surface area contributed by atoms with E-state index in [1.807, 2.05) is 6.92 Å². The molecule has 2 N–H and O–H groups in total. The first-order chi connectivity index (χ1) is 11.8. The number of halogens is 3. The van der Waals surface area contributed by atoms with Crippen molar-refractivity contribution in [1.82, 2.24) is 14.3 Å². The van der Waals surface area contributed by atoms with Gasteiger partial charge in [-0.1, -0.05) is 12.1 Å². The molecule has 0 aliphatic rings. The Hall–Kier alpha value is -2.48. The van der Waals surface area contributed by atoms with Gasteiger partial charge in [0.25, 0.3) is 0 Å². The standard InChI is InChI=1S/C17H15F3N4S/c1-9-3-4-11(10(2)17(18,19)20)5-13(9)14-7-22-16(21)15(24-14)12-6-23-25-8-12/h3-8,10H,1-2H3,(H2,21,22). The van der Waals surface area contributed by atoms with Crippen LogP contribution in [0.25, 0.3) is 22.5 Å². The van der Waals surface area contributed by atoms with E-state index in [4.69, 9.17) is 5.73 Å². The van der Waals surface area contributed by atoms with Crippen LogP contribution >= 0.6 is 11.5 Å². The molecule has 0 saturated heterocycles. The zero-order valence-electron chi connectivity index (χ0n) is 13.5. The molecule has 25 heavy (non-hydrogen) atoms. The lowest BCUT2D eigenvalue weighted by Crippen LogP contribution is -2.17. The fourth-order valence-electron chi connectivity index (χ4n) is 2.44. The van der Waals surface area contributed by atoms with Gasteiger partial charge >= 0.3 is 6.18 Å². The summed E-state index contributed by atoms with van der Waals surface area (Å²) >= 11 is 1.26. The number of benzene rings is 1. The van der Waals surface area contributed by atoms with Gasteiger partial charge in [0.2, 0.25) is 0 Å². The van der Waals surface area contributed by atoms with Crippen LogP contribution in [-0.4, -0.2) is 20.5 Å². The fraction of sp³-hybridized carbons (Fsp3) is 0.235. The summed E-state index contributed by atoms with van der Waals surface area (Å²) in [5.41, 5.74) is 9.17. The molecule has 2 aromatic heterocycles. The first kappa shape index (κ1) is 17.3. The Bertz CT molecular complexity index is 891. The van der Waals surface area contributed by atoms with Crippen molar-refractivity contribution in [2.45, 2.75) is 25.9 Å². The zero-order valence-corrected chi connectivity index (χ0v) is 14.3. The SMILES string of the molecule is Cc1ccc(C(C)C(F)(F)F)cc1-c1cnc(N)c(-c2cnsc2)n1. The molecule has 0 aliphatic heterocycles. The lowest BCUT2D eigenvalue weighted by Gasteiger charge is -2.18. The van der Waals surface area contributed by atoms with Crippen molar-refractivity contribution in [2.24, 2.45) is 0 Å². The van der Waals surface area contributed by atoms with Crippen LogP contribution in [0.4, 0.5) is 19.0 Å². The maximum Gasteiger partial charge on any atom is 0.395 e. The number of nitrogens with two attached hydrogens (primary N) is 1. The Morgan fingerprint density at radius 2 is 1.96 bits per heavy atom. The molecule has 4 nitrogen and oxygen atoms in total. The van der Waals surface area contributed by atoms with E-state index in [2.05, 4.69) is 14.3 Å². The Kier molecular flexibility index (Phi) is 4.47. The molecule has 0 saturated carbocycles. The molecule has 3 rings (SSSR count). The molecular formula is C17H15F3N4S. The van der Waals surface area contributed by atoms with Gasteiger partial charge in [-0.15, -0.1) is 0 Å². The van der Waals surface area contributed by atoms with Crippen LogP contribution in [0.15, 0.2) is 36.0 Å². The predicted octanol–water partition coefficient (Wildman–Crippen LogP) is 4.82. The average molecular weight is 364 g/mol. The van der Waals surface area contributed by atoms with Gasteiger partial charge in [-0.3, -0.25) is 0 Å². The van der Waals surface area contributed by atoms with Crippen molar-refractivity contribution in [3.63, 3.8) is 0 Å². The van der Waals surface area contributed by atoms with Gasteiger partial charge in [0.05, 0.1) is 24.0 Å². The predicted molar refractivity (Wildman–Crippen MR) is 92.2 cm³/mol. The molecule has 0 spiro atoms. The topological polar surface area (TPSA) is 64.7 Å². The van der Waals surface area contributed by atoms with E-state index in [9.17, 15) is 13.2 Å². The maximum atomic E-state index is 13.0. The van der Waals surface area contributed by atoms with Crippen LogP contribution in [0.5, 0.6) is 0 Å². The lowest BCUT2D eigenvalue weighted by atomic mass is 9.95.